The van der Waals surface area contributed by atoms with E-state index in [4.69, 9.17) is 37.0 Å². The highest BCUT2D eigenvalue weighted by atomic mass is 31.2. The molecule has 0 heterocycles. The van der Waals surface area contributed by atoms with Crippen molar-refractivity contribution in [2.24, 2.45) is 0 Å². The van der Waals surface area contributed by atoms with Gasteiger partial charge in [0.25, 0.3) is 0 Å². The van der Waals surface area contributed by atoms with Crippen LogP contribution in [0.4, 0.5) is 0 Å². The largest absolute Gasteiger partial charge is 0.472 e. The summed E-state index contributed by atoms with van der Waals surface area (Å²) in [7, 11) is -9.99. The lowest BCUT2D eigenvalue weighted by Gasteiger charge is -2.21. The van der Waals surface area contributed by atoms with Gasteiger partial charge in [-0.05, 0) is 148 Å². The van der Waals surface area contributed by atoms with Crippen LogP contribution < -0.4 is 0 Å². The van der Waals surface area contributed by atoms with Gasteiger partial charge in [-0.1, -0.05) is 308 Å². The summed E-state index contributed by atoms with van der Waals surface area (Å²) < 4.78 is 68.7. The predicted octanol–water partition coefficient (Wildman–Crippen LogP) is 25.0. The summed E-state index contributed by atoms with van der Waals surface area (Å²) >= 11 is 0. The van der Waals surface area contributed by atoms with Gasteiger partial charge in [-0.3, -0.25) is 37.3 Å². The Hall–Kier alpha value is -5.06. The van der Waals surface area contributed by atoms with E-state index in [9.17, 15) is 43.2 Å². The molecule has 0 aliphatic rings. The van der Waals surface area contributed by atoms with Gasteiger partial charge in [-0.25, -0.2) is 9.13 Å². The molecule has 19 heteroatoms. The topological polar surface area (TPSA) is 237 Å². The Morgan fingerprint density at radius 3 is 0.769 bits per heavy atom. The number of carbonyl (C=O) groups excluding carboxylic acids is 4. The standard InChI is InChI=1S/C89H150O17P2/c1-5-9-13-17-21-25-29-33-37-39-41-43-47-50-54-58-62-66-70-74-87(92)100-80-85(106-89(94)76-72-68-64-60-56-52-48-44-42-40-38-34-30-26-22-18-14-10-6-2)82-104-108(97,98)102-78-83(90)77-101-107(95,96)103-81-84(105-88(93)75-71-67-63-59-55-51-46-36-32-28-24-20-16-12-8-4)79-99-86(91)73-69-65-61-57-53-49-45-35-31-27-23-19-15-11-7-3/h9-10,13-14,21-23,25-27,33-35,37-38,41-45,50,52,54,56,83-85,90H,5-8,11-12,15-20,24,28-32,36,39-40,46-49,51,53,55,57-82H2,1-4H3,(H,95,96)(H,97,98)/b13-9-,14-10-,25-21-,26-22-,27-23-,37-33-,38-34-,43-41-,44-42-,45-35-,54-50-,56-52-. The third-order valence-electron chi connectivity index (χ3n) is 17.3. The fraction of sp³-hybridized carbons (Fsp3) is 0.685. The summed E-state index contributed by atoms with van der Waals surface area (Å²) in [6, 6.07) is 0. The number of aliphatic hydroxyl groups excluding tert-OH is 1. The van der Waals surface area contributed by atoms with E-state index in [0.717, 1.165) is 173 Å². The fourth-order valence-electron chi connectivity index (χ4n) is 11.0. The minimum atomic E-state index is -5.00. The maximum Gasteiger partial charge on any atom is 0.472 e. The Kier molecular flexibility index (Phi) is 76.3. The Bertz CT molecular complexity index is 2610. The normalized spacial score (nSPS) is 14.5. The lowest BCUT2D eigenvalue weighted by atomic mass is 10.0. The first kappa shape index (κ1) is 103. The molecule has 0 aromatic rings. The van der Waals surface area contributed by atoms with Crippen molar-refractivity contribution >= 4 is 39.5 Å². The van der Waals surface area contributed by atoms with Gasteiger partial charge in [0.2, 0.25) is 0 Å². The smallest absolute Gasteiger partial charge is 0.462 e. The van der Waals surface area contributed by atoms with E-state index in [-0.39, 0.29) is 25.7 Å². The van der Waals surface area contributed by atoms with Gasteiger partial charge in [-0.2, -0.15) is 0 Å². The number of aliphatic hydroxyl groups is 1. The predicted molar refractivity (Wildman–Crippen MR) is 445 cm³/mol. The van der Waals surface area contributed by atoms with Crippen LogP contribution in [0.3, 0.4) is 0 Å². The monoisotopic (exact) mass is 1550 g/mol. The van der Waals surface area contributed by atoms with Crippen molar-refractivity contribution in [2.75, 3.05) is 39.6 Å². The van der Waals surface area contributed by atoms with Crippen LogP contribution in [0.25, 0.3) is 0 Å². The number of rotatable bonds is 78. The third-order valence-corrected chi connectivity index (χ3v) is 19.2. The second kappa shape index (κ2) is 80.0. The molecule has 5 unspecified atom stereocenters. The van der Waals surface area contributed by atoms with Crippen molar-refractivity contribution < 1.29 is 80.2 Å². The first-order chi connectivity index (χ1) is 52.7. The lowest BCUT2D eigenvalue weighted by Crippen LogP contribution is -2.30. The van der Waals surface area contributed by atoms with Crippen LogP contribution in [0.15, 0.2) is 146 Å². The molecular weight excluding hydrogens is 1400 g/mol. The van der Waals surface area contributed by atoms with E-state index in [1.165, 1.54) is 83.5 Å². The van der Waals surface area contributed by atoms with E-state index < -0.39 is 97.5 Å². The quantitative estimate of drug-likeness (QED) is 0.0169. The Morgan fingerprint density at radius 2 is 0.481 bits per heavy atom. The first-order valence-corrected chi connectivity index (χ1v) is 45.1. The molecule has 0 aliphatic heterocycles. The number of phosphoric acid groups is 2. The highest BCUT2D eigenvalue weighted by Crippen LogP contribution is 2.45. The summed E-state index contributed by atoms with van der Waals surface area (Å²) in [6.07, 6.45) is 92.4. The molecule has 0 saturated carbocycles. The lowest BCUT2D eigenvalue weighted by molar-refractivity contribution is -0.161. The van der Waals surface area contributed by atoms with Crippen LogP contribution in [0.2, 0.25) is 0 Å². The number of allylic oxidation sites excluding steroid dienone is 24. The Balaban J connectivity index is 5.46. The highest BCUT2D eigenvalue weighted by Gasteiger charge is 2.30. The molecular formula is C89H150O17P2. The van der Waals surface area contributed by atoms with E-state index >= 15 is 0 Å². The molecule has 0 radical (unpaired) electrons. The summed E-state index contributed by atoms with van der Waals surface area (Å²) in [5.41, 5.74) is 0. The third kappa shape index (κ3) is 79.0. The van der Waals surface area contributed by atoms with Crippen LogP contribution in [0.1, 0.15) is 336 Å². The van der Waals surface area contributed by atoms with Gasteiger partial charge in [0.1, 0.15) is 19.3 Å². The molecule has 0 aromatic heterocycles. The molecule has 0 aromatic carbocycles. The molecule has 0 bridgehead atoms. The zero-order chi connectivity index (χ0) is 78.9. The maximum absolute atomic E-state index is 13.1. The molecule has 0 spiro atoms. The SMILES string of the molecule is CC/C=C\C/C=C\C/C=C\C/C=C\C/C=C\CCCCCC(=O)OCC(COP(=O)(O)OCC(O)COP(=O)(O)OCC(COC(=O)CCCCCCC/C=C\C/C=C\CCCCC)OC(=O)CCCCCCCCCCCCCCCCC)OC(=O)CCCCC/C=C\C/C=C\C/C=C\C/C=C\C/C=C\CC. The van der Waals surface area contributed by atoms with Gasteiger partial charge in [0.15, 0.2) is 12.2 Å². The number of phosphoric ester groups is 2. The van der Waals surface area contributed by atoms with E-state index in [1.54, 1.807) is 0 Å². The fourth-order valence-corrected chi connectivity index (χ4v) is 12.5. The van der Waals surface area contributed by atoms with Crippen LogP contribution in [0.5, 0.6) is 0 Å². The minimum absolute atomic E-state index is 0.0436. The summed E-state index contributed by atoms with van der Waals surface area (Å²) in [5.74, 6) is -2.26. The molecule has 108 heavy (non-hydrogen) atoms. The molecule has 0 rings (SSSR count). The summed E-state index contributed by atoms with van der Waals surface area (Å²) in [5, 5.41) is 10.7. The number of hydrogen-bond donors (Lipinski definition) is 3. The summed E-state index contributed by atoms with van der Waals surface area (Å²) in [6.45, 7) is 4.57. The molecule has 0 fully saturated rings. The zero-order valence-electron chi connectivity index (χ0n) is 67.7. The number of unbranched alkanes of at least 4 members (excludes halogenated alkanes) is 28. The van der Waals surface area contributed by atoms with Gasteiger partial charge in [-0.15, -0.1) is 0 Å². The average Bonchev–Trinajstić information content (AvgIpc) is 0.896. The molecule has 3 N–H and O–H groups in total. The van der Waals surface area contributed by atoms with Crippen LogP contribution in [0, 0.1) is 0 Å². The van der Waals surface area contributed by atoms with Gasteiger partial charge >= 0.3 is 39.5 Å². The van der Waals surface area contributed by atoms with Gasteiger partial charge in [0, 0.05) is 25.7 Å². The molecule has 0 aliphatic carbocycles. The number of esters is 4. The zero-order valence-corrected chi connectivity index (χ0v) is 69.5. The molecule has 0 saturated heterocycles. The second-order valence-corrected chi connectivity index (χ2v) is 30.6. The van der Waals surface area contributed by atoms with Crippen molar-refractivity contribution in [3.8, 4) is 0 Å². The Labute approximate surface area is 656 Å². The van der Waals surface area contributed by atoms with Crippen LogP contribution in [-0.2, 0) is 65.4 Å². The van der Waals surface area contributed by atoms with Crippen molar-refractivity contribution in [2.45, 2.75) is 354 Å². The van der Waals surface area contributed by atoms with Crippen molar-refractivity contribution in [3.63, 3.8) is 0 Å². The van der Waals surface area contributed by atoms with Crippen molar-refractivity contribution in [3.05, 3.63) is 146 Å². The van der Waals surface area contributed by atoms with Gasteiger partial charge in [0.05, 0.1) is 26.4 Å². The molecule has 0 amide bonds. The van der Waals surface area contributed by atoms with Crippen LogP contribution >= 0.6 is 15.6 Å². The maximum atomic E-state index is 13.1. The molecule has 17 nitrogen and oxygen atoms in total. The van der Waals surface area contributed by atoms with E-state index in [1.807, 2.05) is 0 Å². The number of ether oxygens (including phenoxy) is 4. The highest BCUT2D eigenvalue weighted by molar-refractivity contribution is 7.47. The number of carbonyl (C=O) groups is 4. The van der Waals surface area contributed by atoms with Crippen molar-refractivity contribution in [1.82, 2.24) is 0 Å². The average molecular weight is 1550 g/mol. The van der Waals surface area contributed by atoms with E-state index in [0.29, 0.717) is 25.7 Å². The molecule has 5 atom stereocenters. The van der Waals surface area contributed by atoms with Crippen molar-refractivity contribution in [1.29, 1.82) is 0 Å². The minimum Gasteiger partial charge on any atom is -0.462 e. The van der Waals surface area contributed by atoms with E-state index in [2.05, 4.69) is 174 Å². The number of hydrogen-bond acceptors (Lipinski definition) is 15. The van der Waals surface area contributed by atoms with Crippen LogP contribution in [-0.4, -0.2) is 96.7 Å². The van der Waals surface area contributed by atoms with Gasteiger partial charge < -0.3 is 33.8 Å². The first-order valence-electron chi connectivity index (χ1n) is 42.1. The summed E-state index contributed by atoms with van der Waals surface area (Å²) in [4.78, 5) is 73.2. The second-order valence-electron chi connectivity index (χ2n) is 27.7. The molecule has 618 valence electrons. The Morgan fingerprint density at radius 1 is 0.269 bits per heavy atom.